The van der Waals surface area contributed by atoms with Crippen LogP contribution in [0, 0.1) is 5.92 Å². The van der Waals surface area contributed by atoms with Crippen molar-refractivity contribution < 1.29 is 0 Å². The summed E-state index contributed by atoms with van der Waals surface area (Å²) in [4.78, 5) is 4.24. The summed E-state index contributed by atoms with van der Waals surface area (Å²) >= 11 is 5.18. The number of nitrogen functional groups attached to an aromatic ring is 1. The summed E-state index contributed by atoms with van der Waals surface area (Å²) in [6, 6.07) is 1.88. The predicted molar refractivity (Wildman–Crippen MR) is 61.9 cm³/mol. The molecule has 0 aliphatic heterocycles. The molecule has 0 saturated carbocycles. The van der Waals surface area contributed by atoms with Crippen molar-refractivity contribution in [3.8, 4) is 0 Å². The molecule has 4 heteroatoms. The molecule has 0 fully saturated rings. The largest absolute Gasteiger partial charge is 0.397 e. The van der Waals surface area contributed by atoms with Gasteiger partial charge in [-0.2, -0.15) is 0 Å². The Morgan fingerprint density at radius 2 is 2.31 bits per heavy atom. The molecule has 0 aliphatic rings. The first kappa shape index (κ1) is 10.9. The Balaban J connectivity index is 2.67. The van der Waals surface area contributed by atoms with Crippen molar-refractivity contribution in [1.82, 2.24) is 4.98 Å². The molecule has 0 amide bonds. The quantitative estimate of drug-likeness (QED) is 0.849. The van der Waals surface area contributed by atoms with E-state index in [1.54, 1.807) is 18.0 Å². The van der Waals surface area contributed by atoms with Gasteiger partial charge < -0.3 is 5.73 Å². The van der Waals surface area contributed by atoms with Crippen LogP contribution in [0.25, 0.3) is 0 Å². The van der Waals surface area contributed by atoms with Gasteiger partial charge >= 0.3 is 0 Å². The topological polar surface area (TPSA) is 38.9 Å². The number of pyridine rings is 1. The normalized spacial score (nSPS) is 10.8. The lowest BCUT2D eigenvalue weighted by atomic mass is 10.3. The van der Waals surface area contributed by atoms with Gasteiger partial charge in [-0.3, -0.25) is 0 Å². The Morgan fingerprint density at radius 1 is 1.62 bits per heavy atom. The van der Waals surface area contributed by atoms with Gasteiger partial charge in [0.1, 0.15) is 5.03 Å². The molecule has 0 spiro atoms. The van der Waals surface area contributed by atoms with Crippen molar-refractivity contribution >= 4 is 33.4 Å². The highest BCUT2D eigenvalue weighted by atomic mass is 79.9. The van der Waals surface area contributed by atoms with Gasteiger partial charge in [-0.05, 0) is 27.9 Å². The van der Waals surface area contributed by atoms with Crippen LogP contribution < -0.4 is 5.73 Å². The minimum Gasteiger partial charge on any atom is -0.397 e. The van der Waals surface area contributed by atoms with Gasteiger partial charge in [-0.25, -0.2) is 4.98 Å². The molecule has 2 N–H and O–H groups in total. The molecule has 1 heterocycles. The van der Waals surface area contributed by atoms with Crippen molar-refractivity contribution in [2.24, 2.45) is 5.92 Å². The average molecular weight is 261 g/mol. The van der Waals surface area contributed by atoms with E-state index in [2.05, 4.69) is 34.8 Å². The fourth-order valence-corrected chi connectivity index (χ4v) is 2.32. The van der Waals surface area contributed by atoms with Crippen molar-refractivity contribution in [1.29, 1.82) is 0 Å². The standard InChI is InChI=1S/C9H13BrN2S/c1-6(2)5-13-9-8(10)3-7(11)4-12-9/h3-4,6H,5,11H2,1-2H3. The van der Waals surface area contributed by atoms with Crippen LogP contribution in [0.1, 0.15) is 13.8 Å². The minimum atomic E-state index is 0.677. The Labute approximate surface area is 91.4 Å². The zero-order valence-corrected chi connectivity index (χ0v) is 10.2. The fourth-order valence-electron chi connectivity index (χ4n) is 0.792. The number of rotatable bonds is 3. The molecule has 13 heavy (non-hydrogen) atoms. The predicted octanol–water partition coefficient (Wildman–Crippen LogP) is 3.17. The summed E-state index contributed by atoms with van der Waals surface area (Å²) in [7, 11) is 0. The van der Waals surface area contributed by atoms with E-state index >= 15 is 0 Å². The van der Waals surface area contributed by atoms with Crippen molar-refractivity contribution in [3.05, 3.63) is 16.7 Å². The number of hydrogen-bond donors (Lipinski definition) is 1. The minimum absolute atomic E-state index is 0.677. The number of hydrogen-bond acceptors (Lipinski definition) is 3. The van der Waals surface area contributed by atoms with Crippen LogP contribution in [-0.4, -0.2) is 10.7 Å². The van der Waals surface area contributed by atoms with Crippen LogP contribution in [0.15, 0.2) is 21.8 Å². The van der Waals surface area contributed by atoms with Crippen LogP contribution >= 0.6 is 27.7 Å². The van der Waals surface area contributed by atoms with Gasteiger partial charge in [0.2, 0.25) is 0 Å². The number of thioether (sulfide) groups is 1. The molecular weight excluding hydrogens is 248 g/mol. The van der Waals surface area contributed by atoms with E-state index < -0.39 is 0 Å². The maximum atomic E-state index is 5.58. The molecule has 0 aliphatic carbocycles. The van der Waals surface area contributed by atoms with E-state index in [0.29, 0.717) is 11.6 Å². The van der Waals surface area contributed by atoms with Crippen LogP contribution in [0.4, 0.5) is 5.69 Å². The number of aromatic nitrogens is 1. The van der Waals surface area contributed by atoms with Gasteiger partial charge in [0, 0.05) is 5.75 Å². The molecule has 0 radical (unpaired) electrons. The van der Waals surface area contributed by atoms with Crippen molar-refractivity contribution in [2.45, 2.75) is 18.9 Å². The highest BCUT2D eigenvalue weighted by molar-refractivity contribution is 9.10. The number of nitrogens with zero attached hydrogens (tertiary/aromatic N) is 1. The third kappa shape index (κ3) is 3.56. The Hall–Kier alpha value is -0.220. The zero-order valence-electron chi connectivity index (χ0n) is 7.75. The van der Waals surface area contributed by atoms with E-state index in [1.165, 1.54) is 0 Å². The molecule has 0 bridgehead atoms. The smallest absolute Gasteiger partial charge is 0.110 e. The first-order valence-corrected chi connectivity index (χ1v) is 5.91. The summed E-state index contributed by atoms with van der Waals surface area (Å²) in [6.45, 7) is 4.39. The van der Waals surface area contributed by atoms with E-state index in [9.17, 15) is 0 Å². The van der Waals surface area contributed by atoms with E-state index in [0.717, 1.165) is 15.3 Å². The van der Waals surface area contributed by atoms with Gasteiger partial charge in [-0.1, -0.05) is 13.8 Å². The molecule has 0 atom stereocenters. The average Bonchev–Trinajstić information content (AvgIpc) is 2.02. The van der Waals surface area contributed by atoms with Gasteiger partial charge in [0.15, 0.2) is 0 Å². The number of halogens is 1. The number of nitrogens with two attached hydrogens (primary N) is 1. The monoisotopic (exact) mass is 260 g/mol. The second-order valence-corrected chi connectivity index (χ2v) is 5.12. The SMILES string of the molecule is CC(C)CSc1ncc(N)cc1Br. The van der Waals surface area contributed by atoms with Crippen LogP contribution in [-0.2, 0) is 0 Å². The lowest BCUT2D eigenvalue weighted by Gasteiger charge is -2.05. The highest BCUT2D eigenvalue weighted by Crippen LogP contribution is 2.27. The second kappa shape index (κ2) is 4.86. The van der Waals surface area contributed by atoms with Gasteiger partial charge in [-0.15, -0.1) is 11.8 Å². The molecule has 72 valence electrons. The Morgan fingerprint density at radius 3 is 2.85 bits per heavy atom. The Kier molecular flexibility index (Phi) is 4.06. The molecule has 1 aromatic rings. The molecular formula is C9H13BrN2S. The molecule has 2 nitrogen and oxygen atoms in total. The van der Waals surface area contributed by atoms with E-state index in [1.807, 2.05) is 6.07 Å². The summed E-state index contributed by atoms with van der Waals surface area (Å²) in [5.74, 6) is 1.76. The van der Waals surface area contributed by atoms with Crippen LogP contribution in [0.3, 0.4) is 0 Å². The summed E-state index contributed by atoms with van der Waals surface area (Å²) < 4.78 is 0.984. The van der Waals surface area contributed by atoms with Crippen LogP contribution in [0.5, 0.6) is 0 Å². The molecule has 0 aromatic carbocycles. The third-order valence-corrected chi connectivity index (χ3v) is 3.68. The van der Waals surface area contributed by atoms with E-state index in [4.69, 9.17) is 5.73 Å². The summed E-state index contributed by atoms with van der Waals surface area (Å²) in [5.41, 5.74) is 6.28. The second-order valence-electron chi connectivity index (χ2n) is 3.26. The van der Waals surface area contributed by atoms with Gasteiger partial charge in [0.05, 0.1) is 16.4 Å². The Bertz CT molecular complexity index is 289. The first-order valence-electron chi connectivity index (χ1n) is 4.13. The number of anilines is 1. The fraction of sp³-hybridized carbons (Fsp3) is 0.444. The molecule has 0 unspecified atom stereocenters. The lowest BCUT2D eigenvalue weighted by Crippen LogP contribution is -1.93. The van der Waals surface area contributed by atoms with Crippen molar-refractivity contribution in [2.75, 3.05) is 11.5 Å². The maximum Gasteiger partial charge on any atom is 0.110 e. The van der Waals surface area contributed by atoms with Crippen LogP contribution in [0.2, 0.25) is 0 Å². The zero-order chi connectivity index (χ0) is 9.84. The summed E-state index contributed by atoms with van der Waals surface area (Å²) in [5, 5.41) is 1.02. The van der Waals surface area contributed by atoms with E-state index in [-0.39, 0.29) is 0 Å². The maximum absolute atomic E-state index is 5.58. The van der Waals surface area contributed by atoms with Crippen molar-refractivity contribution in [3.63, 3.8) is 0 Å². The lowest BCUT2D eigenvalue weighted by molar-refractivity contribution is 0.749. The first-order chi connectivity index (χ1) is 6.09. The highest BCUT2D eigenvalue weighted by Gasteiger charge is 2.03. The summed E-state index contributed by atoms with van der Waals surface area (Å²) in [6.07, 6.45) is 1.69. The molecule has 0 saturated heterocycles. The molecule has 1 aromatic heterocycles. The van der Waals surface area contributed by atoms with Gasteiger partial charge in [0.25, 0.3) is 0 Å². The third-order valence-electron chi connectivity index (χ3n) is 1.38. The molecule has 1 rings (SSSR count).